The summed E-state index contributed by atoms with van der Waals surface area (Å²) in [4.78, 5) is 44.1. The first-order valence-electron chi connectivity index (χ1n) is 8.20. The second kappa shape index (κ2) is 6.62. The molecule has 4 rings (SSSR count). The van der Waals surface area contributed by atoms with Gasteiger partial charge in [-0.15, -0.1) is 11.8 Å². The molecule has 0 spiro atoms. The molecule has 27 heavy (non-hydrogen) atoms. The van der Waals surface area contributed by atoms with E-state index in [0.717, 1.165) is 11.0 Å². The van der Waals surface area contributed by atoms with Crippen LogP contribution < -0.4 is 5.32 Å². The van der Waals surface area contributed by atoms with E-state index < -0.39 is 18.0 Å². The van der Waals surface area contributed by atoms with Gasteiger partial charge < -0.3 is 20.1 Å². The molecule has 2 aliphatic rings. The number of aromatic nitrogens is 2. The highest BCUT2D eigenvalue weighted by molar-refractivity contribution is 8.00. The van der Waals surface area contributed by atoms with Gasteiger partial charge in [0.05, 0.1) is 11.0 Å². The monoisotopic (exact) mass is 388 g/mol. The Hall–Kier alpha value is -3.01. The molecule has 0 saturated carbocycles. The molecule has 2 atom stereocenters. The zero-order valence-corrected chi connectivity index (χ0v) is 15.1. The van der Waals surface area contributed by atoms with Gasteiger partial charge in [0, 0.05) is 18.2 Å². The number of para-hydroxylation sites is 2. The van der Waals surface area contributed by atoms with Gasteiger partial charge in [-0.25, -0.2) is 9.78 Å². The molecular formula is C17H16N4O5S. The zero-order valence-electron chi connectivity index (χ0n) is 14.3. The number of carbonyl (C=O) groups is 3. The number of amides is 1. The lowest BCUT2D eigenvalue weighted by molar-refractivity contribution is -0.147. The molecule has 9 nitrogen and oxygen atoms in total. The number of carboxylic acid groups (broad SMARTS) is 1. The van der Waals surface area contributed by atoms with Crippen molar-refractivity contribution in [2.45, 2.75) is 18.3 Å². The van der Waals surface area contributed by atoms with Gasteiger partial charge in [-0.2, -0.15) is 0 Å². The van der Waals surface area contributed by atoms with Gasteiger partial charge in [-0.05, 0) is 12.1 Å². The lowest BCUT2D eigenvalue weighted by atomic mass is 10.0. The minimum atomic E-state index is -1.21. The molecule has 0 bridgehead atoms. The summed E-state index contributed by atoms with van der Waals surface area (Å²) in [5.41, 5.74) is 1.92. The zero-order chi connectivity index (χ0) is 19.1. The van der Waals surface area contributed by atoms with E-state index in [9.17, 15) is 19.5 Å². The highest BCUT2D eigenvalue weighted by Gasteiger charge is 2.54. The number of carbonyl (C=O) groups excluding carboxylic acids is 2. The van der Waals surface area contributed by atoms with Crippen molar-refractivity contribution in [1.82, 2.24) is 14.9 Å². The van der Waals surface area contributed by atoms with E-state index in [1.807, 2.05) is 24.3 Å². The molecule has 0 radical (unpaired) electrons. The number of rotatable bonds is 5. The fourth-order valence-corrected chi connectivity index (χ4v) is 4.48. The van der Waals surface area contributed by atoms with Crippen molar-refractivity contribution in [2.75, 3.05) is 17.7 Å². The normalized spacial score (nSPS) is 21.7. The molecular weight excluding hydrogens is 372 g/mol. The van der Waals surface area contributed by atoms with Crippen LogP contribution in [-0.4, -0.2) is 61.6 Å². The lowest BCUT2D eigenvalue weighted by Gasteiger charge is -2.49. The average Bonchev–Trinajstić information content (AvgIpc) is 3.06. The number of β-lactam (4-membered cyclic amide) rings is 1. The molecule has 140 valence electrons. The predicted molar refractivity (Wildman–Crippen MR) is 97.9 cm³/mol. The number of anilines is 1. The summed E-state index contributed by atoms with van der Waals surface area (Å²) in [5, 5.41) is 12.2. The Morgan fingerprint density at radius 3 is 2.93 bits per heavy atom. The van der Waals surface area contributed by atoms with Crippen LogP contribution in [0.2, 0.25) is 0 Å². The van der Waals surface area contributed by atoms with Crippen molar-refractivity contribution >= 4 is 46.6 Å². The van der Waals surface area contributed by atoms with Crippen LogP contribution in [-0.2, 0) is 19.1 Å². The van der Waals surface area contributed by atoms with Gasteiger partial charge in [0.25, 0.3) is 5.91 Å². The summed E-state index contributed by atoms with van der Waals surface area (Å²) in [7, 11) is 0. The first-order valence-corrected chi connectivity index (χ1v) is 9.25. The summed E-state index contributed by atoms with van der Waals surface area (Å²) in [5.74, 6) is -1.25. The van der Waals surface area contributed by atoms with E-state index in [0.29, 0.717) is 17.3 Å². The number of benzene rings is 1. The molecule has 3 N–H and O–H groups in total. The molecule has 0 aliphatic carbocycles. The first kappa shape index (κ1) is 17.4. The molecule has 10 heteroatoms. The van der Waals surface area contributed by atoms with Crippen molar-refractivity contribution in [2.24, 2.45) is 0 Å². The maximum Gasteiger partial charge on any atom is 0.352 e. The van der Waals surface area contributed by atoms with Crippen LogP contribution in [0.5, 0.6) is 0 Å². The number of carboxylic acids is 1. The minimum Gasteiger partial charge on any atom is -0.477 e. The first-order chi connectivity index (χ1) is 13.0. The van der Waals surface area contributed by atoms with Crippen molar-refractivity contribution in [1.29, 1.82) is 0 Å². The summed E-state index contributed by atoms with van der Waals surface area (Å²) in [6.07, 6.45) is 0. The molecule has 1 saturated heterocycles. The van der Waals surface area contributed by atoms with E-state index in [4.69, 9.17) is 4.74 Å². The Labute approximate surface area is 157 Å². The SMILES string of the molecule is CC(=O)OCC1=C(C(=O)O)N2C(=O)C(Nc3nc4ccccc4[nH]3)[C@@H]2SC1. The molecule has 2 aliphatic heterocycles. The summed E-state index contributed by atoms with van der Waals surface area (Å²) < 4.78 is 4.92. The number of H-pyrrole nitrogens is 1. The molecule has 2 aromatic rings. The number of aromatic amines is 1. The number of esters is 1. The van der Waals surface area contributed by atoms with Crippen LogP contribution in [0.4, 0.5) is 5.95 Å². The summed E-state index contributed by atoms with van der Waals surface area (Å²) in [6.45, 7) is 1.12. The maximum atomic E-state index is 12.6. The molecule has 1 fully saturated rings. The summed E-state index contributed by atoms with van der Waals surface area (Å²) >= 11 is 1.42. The summed E-state index contributed by atoms with van der Waals surface area (Å²) in [6, 6.07) is 6.90. The Morgan fingerprint density at radius 2 is 2.22 bits per heavy atom. The third kappa shape index (κ3) is 3.01. The number of hydrogen-bond donors (Lipinski definition) is 3. The van der Waals surface area contributed by atoms with Gasteiger partial charge in [-0.1, -0.05) is 12.1 Å². The fraction of sp³-hybridized carbons (Fsp3) is 0.294. The van der Waals surface area contributed by atoms with E-state index in [-0.39, 0.29) is 23.6 Å². The van der Waals surface area contributed by atoms with Crippen molar-refractivity contribution in [3.63, 3.8) is 0 Å². The van der Waals surface area contributed by atoms with Crippen molar-refractivity contribution in [3.8, 4) is 0 Å². The molecule has 1 aromatic carbocycles. The number of nitrogens with zero attached hydrogens (tertiary/aromatic N) is 2. The quantitative estimate of drug-likeness (QED) is 0.515. The number of nitrogens with one attached hydrogen (secondary N) is 2. The average molecular weight is 388 g/mol. The van der Waals surface area contributed by atoms with Crippen LogP contribution in [0.15, 0.2) is 35.5 Å². The van der Waals surface area contributed by atoms with Crippen molar-refractivity contribution < 1.29 is 24.2 Å². The van der Waals surface area contributed by atoms with Gasteiger partial charge in [0.1, 0.15) is 23.7 Å². The van der Waals surface area contributed by atoms with Crippen LogP contribution in [0.1, 0.15) is 6.92 Å². The van der Waals surface area contributed by atoms with Crippen LogP contribution in [0, 0.1) is 0 Å². The standard InChI is InChI=1S/C17H16N4O5S/c1-8(22)26-6-9-7-27-15-12(14(23)21(15)13(9)16(24)25)20-17-18-10-4-2-3-5-11(10)19-17/h2-5,12,15H,6-7H2,1H3,(H,24,25)(H2,18,19,20)/t12?,15-/m0/s1. The smallest absolute Gasteiger partial charge is 0.352 e. The third-order valence-corrected chi connectivity index (χ3v) is 5.72. The molecule has 3 heterocycles. The van der Waals surface area contributed by atoms with Gasteiger partial charge in [-0.3, -0.25) is 14.5 Å². The van der Waals surface area contributed by atoms with E-state index >= 15 is 0 Å². The number of ether oxygens (including phenoxy) is 1. The van der Waals surface area contributed by atoms with Gasteiger partial charge >= 0.3 is 11.9 Å². The number of thioether (sulfide) groups is 1. The van der Waals surface area contributed by atoms with Crippen molar-refractivity contribution in [3.05, 3.63) is 35.5 Å². The number of imidazole rings is 1. The fourth-order valence-electron chi connectivity index (χ4n) is 3.15. The van der Waals surface area contributed by atoms with Gasteiger partial charge in [0.15, 0.2) is 0 Å². The van der Waals surface area contributed by atoms with E-state index in [1.165, 1.54) is 23.6 Å². The number of hydrogen-bond acceptors (Lipinski definition) is 7. The van der Waals surface area contributed by atoms with Crippen LogP contribution in [0.3, 0.4) is 0 Å². The second-order valence-corrected chi connectivity index (χ2v) is 7.28. The second-order valence-electron chi connectivity index (χ2n) is 6.17. The topological polar surface area (TPSA) is 125 Å². The minimum absolute atomic E-state index is 0.104. The molecule has 1 amide bonds. The molecule has 1 aromatic heterocycles. The Kier molecular flexibility index (Phi) is 4.27. The Morgan fingerprint density at radius 1 is 1.44 bits per heavy atom. The third-order valence-electron chi connectivity index (χ3n) is 4.38. The maximum absolute atomic E-state index is 12.6. The highest BCUT2D eigenvalue weighted by atomic mass is 32.2. The highest BCUT2D eigenvalue weighted by Crippen LogP contribution is 2.41. The van der Waals surface area contributed by atoms with E-state index in [1.54, 1.807) is 0 Å². The lowest BCUT2D eigenvalue weighted by Crippen LogP contribution is -2.67. The Bertz CT molecular complexity index is 952. The predicted octanol–water partition coefficient (Wildman–Crippen LogP) is 1.16. The Balaban J connectivity index is 1.54. The van der Waals surface area contributed by atoms with Crippen LogP contribution in [0.25, 0.3) is 11.0 Å². The largest absolute Gasteiger partial charge is 0.477 e. The number of fused-ring (bicyclic) bond motifs is 2. The number of aliphatic carboxylic acids is 1. The van der Waals surface area contributed by atoms with E-state index in [2.05, 4.69) is 15.3 Å². The van der Waals surface area contributed by atoms with Crippen LogP contribution >= 0.6 is 11.8 Å². The molecule has 1 unspecified atom stereocenters. The van der Waals surface area contributed by atoms with Gasteiger partial charge in [0.2, 0.25) is 5.95 Å².